The lowest BCUT2D eigenvalue weighted by Crippen LogP contribution is -2.34. The Morgan fingerprint density at radius 3 is 2.60 bits per heavy atom. The molecule has 0 saturated heterocycles. The van der Waals surface area contributed by atoms with Gasteiger partial charge in [0.25, 0.3) is 0 Å². The summed E-state index contributed by atoms with van der Waals surface area (Å²) in [7, 11) is 2.20. The molecule has 0 amide bonds. The number of anilines is 2. The van der Waals surface area contributed by atoms with E-state index < -0.39 is 0 Å². The number of rotatable bonds is 6. The highest BCUT2D eigenvalue weighted by Crippen LogP contribution is 2.29. The van der Waals surface area contributed by atoms with Crippen molar-refractivity contribution in [3.05, 3.63) is 11.9 Å². The van der Waals surface area contributed by atoms with E-state index in [2.05, 4.69) is 41.1 Å². The van der Waals surface area contributed by atoms with E-state index in [-0.39, 0.29) is 0 Å². The minimum absolute atomic E-state index is 0.642. The first kappa shape index (κ1) is 15.1. The summed E-state index contributed by atoms with van der Waals surface area (Å²) >= 11 is 0. The third-order valence-corrected chi connectivity index (χ3v) is 4.28. The van der Waals surface area contributed by atoms with E-state index in [1.165, 1.54) is 37.7 Å². The van der Waals surface area contributed by atoms with Crippen LogP contribution in [-0.4, -0.2) is 29.6 Å². The highest BCUT2D eigenvalue weighted by atomic mass is 15.2. The van der Waals surface area contributed by atoms with Gasteiger partial charge in [0.1, 0.15) is 18.0 Å². The van der Waals surface area contributed by atoms with Gasteiger partial charge in [0.05, 0.1) is 0 Å². The molecule has 4 heteroatoms. The minimum Gasteiger partial charge on any atom is -0.370 e. The Morgan fingerprint density at radius 2 is 1.95 bits per heavy atom. The van der Waals surface area contributed by atoms with Gasteiger partial charge in [-0.25, -0.2) is 9.97 Å². The van der Waals surface area contributed by atoms with Crippen molar-refractivity contribution in [2.45, 2.75) is 64.8 Å². The number of aromatic nitrogens is 2. The second kappa shape index (κ2) is 7.46. The van der Waals surface area contributed by atoms with Crippen molar-refractivity contribution >= 4 is 11.6 Å². The molecule has 0 unspecified atom stereocenters. The molecule has 0 bridgehead atoms. The molecule has 0 atom stereocenters. The predicted octanol–water partition coefficient (Wildman–Crippen LogP) is 3.63. The summed E-state index contributed by atoms with van der Waals surface area (Å²) in [6.07, 6.45) is 10.5. The molecule has 1 N–H and O–H groups in total. The number of nitrogens with zero attached hydrogens (tertiary/aromatic N) is 3. The summed E-state index contributed by atoms with van der Waals surface area (Å²) < 4.78 is 0. The second-order valence-corrected chi connectivity index (χ2v) is 5.71. The molecule has 0 spiro atoms. The van der Waals surface area contributed by atoms with Crippen molar-refractivity contribution in [2.24, 2.45) is 0 Å². The maximum atomic E-state index is 4.57. The maximum absolute atomic E-state index is 4.57. The average Bonchev–Trinajstić information content (AvgIpc) is 2.52. The van der Waals surface area contributed by atoms with Crippen molar-refractivity contribution in [2.75, 3.05) is 23.8 Å². The average molecular weight is 276 g/mol. The number of hydrogen-bond donors (Lipinski definition) is 1. The Bertz CT molecular complexity index is 413. The SMILES string of the molecule is CCCNc1ncnc(N(C)C2CCCCC2)c1CC. The van der Waals surface area contributed by atoms with Crippen LogP contribution < -0.4 is 10.2 Å². The Hall–Kier alpha value is -1.32. The van der Waals surface area contributed by atoms with Crippen molar-refractivity contribution in [3.63, 3.8) is 0 Å². The molecule has 0 radical (unpaired) electrons. The molecule has 1 aromatic heterocycles. The van der Waals surface area contributed by atoms with Gasteiger partial charge in [-0.05, 0) is 25.7 Å². The molecule has 4 nitrogen and oxygen atoms in total. The van der Waals surface area contributed by atoms with Crippen LogP contribution in [0.15, 0.2) is 6.33 Å². The summed E-state index contributed by atoms with van der Waals surface area (Å²) in [6, 6.07) is 0.642. The molecule has 20 heavy (non-hydrogen) atoms. The topological polar surface area (TPSA) is 41.1 Å². The first-order chi connectivity index (χ1) is 9.77. The van der Waals surface area contributed by atoms with Gasteiger partial charge >= 0.3 is 0 Å². The fourth-order valence-corrected chi connectivity index (χ4v) is 3.07. The zero-order valence-electron chi connectivity index (χ0n) is 13.2. The van der Waals surface area contributed by atoms with Gasteiger partial charge in [-0.15, -0.1) is 0 Å². The van der Waals surface area contributed by atoms with Crippen LogP contribution in [0.25, 0.3) is 0 Å². The van der Waals surface area contributed by atoms with Gasteiger partial charge in [-0.1, -0.05) is 33.1 Å². The van der Waals surface area contributed by atoms with Crippen LogP contribution in [0, 0.1) is 0 Å². The van der Waals surface area contributed by atoms with Crippen LogP contribution in [0.1, 0.15) is 57.9 Å². The molecule has 112 valence electrons. The Balaban J connectivity index is 2.20. The third kappa shape index (κ3) is 3.41. The van der Waals surface area contributed by atoms with Gasteiger partial charge < -0.3 is 10.2 Å². The largest absolute Gasteiger partial charge is 0.370 e. The quantitative estimate of drug-likeness (QED) is 0.861. The molecule has 0 aromatic carbocycles. The molecular weight excluding hydrogens is 248 g/mol. The van der Waals surface area contributed by atoms with Crippen LogP contribution in [0.3, 0.4) is 0 Å². The monoisotopic (exact) mass is 276 g/mol. The van der Waals surface area contributed by atoms with Gasteiger partial charge in [-0.2, -0.15) is 0 Å². The van der Waals surface area contributed by atoms with E-state index in [1.807, 2.05) is 0 Å². The van der Waals surface area contributed by atoms with Crippen molar-refractivity contribution in [1.82, 2.24) is 9.97 Å². The van der Waals surface area contributed by atoms with E-state index in [1.54, 1.807) is 6.33 Å². The highest BCUT2D eigenvalue weighted by molar-refractivity contribution is 5.58. The van der Waals surface area contributed by atoms with Crippen LogP contribution >= 0.6 is 0 Å². The van der Waals surface area contributed by atoms with E-state index in [9.17, 15) is 0 Å². The first-order valence-electron chi connectivity index (χ1n) is 8.08. The number of nitrogens with one attached hydrogen (secondary N) is 1. The Labute approximate surface area is 123 Å². The molecule has 1 aliphatic rings. The van der Waals surface area contributed by atoms with Crippen molar-refractivity contribution in [3.8, 4) is 0 Å². The Kier molecular flexibility index (Phi) is 5.62. The minimum atomic E-state index is 0.642. The highest BCUT2D eigenvalue weighted by Gasteiger charge is 2.22. The molecule has 0 aliphatic heterocycles. The predicted molar refractivity (Wildman–Crippen MR) is 85.5 cm³/mol. The summed E-state index contributed by atoms with van der Waals surface area (Å²) in [5.74, 6) is 2.13. The lowest BCUT2D eigenvalue weighted by atomic mass is 9.94. The zero-order chi connectivity index (χ0) is 14.4. The van der Waals surface area contributed by atoms with Crippen LogP contribution in [-0.2, 0) is 6.42 Å². The van der Waals surface area contributed by atoms with E-state index in [0.717, 1.165) is 31.0 Å². The Morgan fingerprint density at radius 1 is 1.20 bits per heavy atom. The van der Waals surface area contributed by atoms with Crippen molar-refractivity contribution in [1.29, 1.82) is 0 Å². The lowest BCUT2D eigenvalue weighted by Gasteiger charge is -2.33. The van der Waals surface area contributed by atoms with Crippen molar-refractivity contribution < 1.29 is 0 Å². The van der Waals surface area contributed by atoms with Gasteiger partial charge in [0, 0.05) is 25.2 Å². The summed E-state index contributed by atoms with van der Waals surface area (Å²) in [5.41, 5.74) is 1.26. The van der Waals surface area contributed by atoms with Crippen LogP contribution in [0.2, 0.25) is 0 Å². The molecule has 1 aliphatic carbocycles. The molecule has 2 rings (SSSR count). The summed E-state index contributed by atoms with van der Waals surface area (Å²) in [4.78, 5) is 11.4. The molecule has 1 fully saturated rings. The molecule has 1 heterocycles. The van der Waals surface area contributed by atoms with Gasteiger partial charge in [-0.3, -0.25) is 0 Å². The molecule has 1 saturated carbocycles. The fourth-order valence-electron chi connectivity index (χ4n) is 3.07. The van der Waals surface area contributed by atoms with E-state index in [4.69, 9.17) is 0 Å². The van der Waals surface area contributed by atoms with Gasteiger partial charge in [0.2, 0.25) is 0 Å². The van der Waals surface area contributed by atoms with E-state index in [0.29, 0.717) is 6.04 Å². The normalized spacial score (nSPS) is 16.1. The fraction of sp³-hybridized carbons (Fsp3) is 0.750. The first-order valence-corrected chi connectivity index (χ1v) is 8.08. The van der Waals surface area contributed by atoms with E-state index >= 15 is 0 Å². The molecular formula is C16H28N4. The summed E-state index contributed by atoms with van der Waals surface area (Å²) in [5, 5.41) is 3.43. The smallest absolute Gasteiger partial charge is 0.137 e. The number of hydrogen-bond acceptors (Lipinski definition) is 4. The molecule has 1 aromatic rings. The zero-order valence-corrected chi connectivity index (χ0v) is 13.2. The summed E-state index contributed by atoms with van der Waals surface area (Å²) in [6.45, 7) is 5.33. The lowest BCUT2D eigenvalue weighted by molar-refractivity contribution is 0.425. The van der Waals surface area contributed by atoms with Crippen LogP contribution in [0.5, 0.6) is 0 Å². The maximum Gasteiger partial charge on any atom is 0.137 e. The standard InChI is InChI=1S/C16H28N4/c1-4-11-17-15-14(5-2)16(19-12-18-15)20(3)13-9-7-6-8-10-13/h12-13H,4-11H2,1-3H3,(H,17,18,19). The van der Waals surface area contributed by atoms with Crippen LogP contribution in [0.4, 0.5) is 11.6 Å². The van der Waals surface area contributed by atoms with Gasteiger partial charge in [0.15, 0.2) is 0 Å². The third-order valence-electron chi connectivity index (χ3n) is 4.28. The second-order valence-electron chi connectivity index (χ2n) is 5.71.